The quantitative estimate of drug-likeness (QED) is 0.877. The summed E-state index contributed by atoms with van der Waals surface area (Å²) in [5.74, 6) is -0.0446. The predicted octanol–water partition coefficient (Wildman–Crippen LogP) is 4.46. The van der Waals surface area contributed by atoms with Gasteiger partial charge in [-0.05, 0) is 43.0 Å². The number of carbonyl (C=O) groups excluding carboxylic acids is 2. The summed E-state index contributed by atoms with van der Waals surface area (Å²) < 4.78 is 10.3. The van der Waals surface area contributed by atoms with Crippen molar-refractivity contribution in [1.82, 2.24) is 5.32 Å². The molecular formula is C20H21NO4. The Morgan fingerprint density at radius 3 is 1.96 bits per heavy atom. The van der Waals surface area contributed by atoms with Crippen molar-refractivity contribution in [3.8, 4) is 11.1 Å². The number of nitrogens with one attached hydrogen (secondary N) is 1. The molecule has 0 saturated heterocycles. The average Bonchev–Trinajstić information content (AvgIpc) is 2.85. The first kappa shape index (κ1) is 17.0. The summed E-state index contributed by atoms with van der Waals surface area (Å²) in [5.41, 5.74) is 3.87. The molecule has 0 fully saturated rings. The highest BCUT2D eigenvalue weighted by Gasteiger charge is 2.29. The van der Waals surface area contributed by atoms with Gasteiger partial charge in [-0.3, -0.25) is 0 Å². The molecule has 0 aromatic heterocycles. The molecule has 0 bridgehead atoms. The van der Waals surface area contributed by atoms with E-state index in [1.807, 2.05) is 36.4 Å². The second kappa shape index (κ2) is 6.59. The third-order valence-corrected chi connectivity index (χ3v) is 3.95. The van der Waals surface area contributed by atoms with E-state index < -0.39 is 17.8 Å². The third-order valence-electron chi connectivity index (χ3n) is 3.95. The van der Waals surface area contributed by atoms with Crippen LogP contribution in [0, 0.1) is 0 Å². The number of alkyl carbamates (subject to hydrolysis) is 2. The number of hydrogen-bond acceptors (Lipinski definition) is 4. The van der Waals surface area contributed by atoms with E-state index >= 15 is 0 Å². The number of imide groups is 1. The number of benzene rings is 2. The number of fused-ring (bicyclic) bond motifs is 3. The van der Waals surface area contributed by atoms with Gasteiger partial charge in [-0.15, -0.1) is 0 Å². The van der Waals surface area contributed by atoms with Gasteiger partial charge >= 0.3 is 12.2 Å². The maximum atomic E-state index is 11.9. The van der Waals surface area contributed by atoms with Crippen LogP contribution in [0.4, 0.5) is 9.59 Å². The summed E-state index contributed by atoms with van der Waals surface area (Å²) in [6.07, 6.45) is -1.62. The number of hydrogen-bond donors (Lipinski definition) is 1. The first-order chi connectivity index (χ1) is 11.8. The molecule has 5 heteroatoms. The number of ether oxygens (including phenoxy) is 2. The molecule has 0 saturated carbocycles. The van der Waals surface area contributed by atoms with Crippen molar-refractivity contribution < 1.29 is 19.1 Å². The van der Waals surface area contributed by atoms with Gasteiger partial charge in [0.25, 0.3) is 0 Å². The summed E-state index contributed by atoms with van der Waals surface area (Å²) >= 11 is 0. The van der Waals surface area contributed by atoms with Crippen molar-refractivity contribution in [2.24, 2.45) is 0 Å². The topological polar surface area (TPSA) is 64.6 Å². The summed E-state index contributed by atoms with van der Waals surface area (Å²) in [6.45, 7) is 5.33. The lowest BCUT2D eigenvalue weighted by molar-refractivity contribution is 0.0509. The minimum atomic E-state index is -0.815. The van der Waals surface area contributed by atoms with Gasteiger partial charge in [0.05, 0.1) is 0 Å². The Balaban J connectivity index is 1.68. The Morgan fingerprint density at radius 2 is 1.44 bits per heavy atom. The standard InChI is InChI=1S/C20H21NO4/c1-20(2,3)25-19(23)21-18(22)24-12-17-15-10-6-4-8-13(15)14-9-5-7-11-16(14)17/h4-11,17H,12H2,1-3H3,(H,21,22,23). The fraction of sp³-hybridized carbons (Fsp3) is 0.300. The normalized spacial score (nSPS) is 12.9. The van der Waals surface area contributed by atoms with E-state index in [2.05, 4.69) is 17.4 Å². The van der Waals surface area contributed by atoms with E-state index in [4.69, 9.17) is 9.47 Å². The number of rotatable bonds is 2. The van der Waals surface area contributed by atoms with Gasteiger partial charge < -0.3 is 9.47 Å². The largest absolute Gasteiger partial charge is 0.448 e. The Labute approximate surface area is 147 Å². The van der Waals surface area contributed by atoms with E-state index in [9.17, 15) is 9.59 Å². The Bertz CT molecular complexity index is 762. The minimum Gasteiger partial charge on any atom is -0.448 e. The van der Waals surface area contributed by atoms with E-state index in [0.29, 0.717) is 0 Å². The molecule has 0 atom stereocenters. The number of amides is 2. The molecule has 130 valence electrons. The lowest BCUT2D eigenvalue weighted by Crippen LogP contribution is -2.37. The zero-order valence-electron chi connectivity index (χ0n) is 14.5. The first-order valence-electron chi connectivity index (χ1n) is 8.20. The second-order valence-electron chi connectivity index (χ2n) is 6.95. The Kier molecular flexibility index (Phi) is 4.49. The van der Waals surface area contributed by atoms with Gasteiger partial charge in [-0.2, -0.15) is 0 Å². The van der Waals surface area contributed by atoms with Gasteiger partial charge in [0.15, 0.2) is 0 Å². The van der Waals surface area contributed by atoms with Crippen LogP contribution < -0.4 is 5.32 Å². The number of carbonyl (C=O) groups is 2. The molecule has 0 radical (unpaired) electrons. The van der Waals surface area contributed by atoms with Gasteiger partial charge in [0.2, 0.25) is 0 Å². The zero-order valence-corrected chi connectivity index (χ0v) is 14.5. The van der Waals surface area contributed by atoms with Crippen LogP contribution >= 0.6 is 0 Å². The van der Waals surface area contributed by atoms with Crippen LogP contribution in [0.2, 0.25) is 0 Å². The molecule has 0 heterocycles. The average molecular weight is 339 g/mol. The fourth-order valence-electron chi connectivity index (χ4n) is 3.02. The van der Waals surface area contributed by atoms with E-state index in [-0.39, 0.29) is 12.5 Å². The molecular weight excluding hydrogens is 318 g/mol. The molecule has 3 rings (SSSR count). The van der Waals surface area contributed by atoms with E-state index in [1.54, 1.807) is 20.8 Å². The molecule has 2 amide bonds. The van der Waals surface area contributed by atoms with Gasteiger partial charge in [0.1, 0.15) is 12.2 Å². The molecule has 1 aliphatic carbocycles. The van der Waals surface area contributed by atoms with Crippen LogP contribution in [-0.2, 0) is 9.47 Å². The van der Waals surface area contributed by atoms with Crippen molar-refractivity contribution in [2.45, 2.75) is 32.3 Å². The highest BCUT2D eigenvalue weighted by atomic mass is 16.6. The molecule has 1 aliphatic rings. The van der Waals surface area contributed by atoms with Crippen molar-refractivity contribution in [3.63, 3.8) is 0 Å². The zero-order chi connectivity index (χ0) is 18.0. The highest BCUT2D eigenvalue weighted by molar-refractivity contribution is 5.87. The van der Waals surface area contributed by atoms with Crippen molar-refractivity contribution in [1.29, 1.82) is 0 Å². The van der Waals surface area contributed by atoms with Gasteiger partial charge in [0, 0.05) is 5.92 Å². The summed E-state index contributed by atoms with van der Waals surface area (Å²) in [4.78, 5) is 23.5. The minimum absolute atomic E-state index is 0.0446. The lowest BCUT2D eigenvalue weighted by atomic mass is 9.98. The van der Waals surface area contributed by atoms with Crippen molar-refractivity contribution >= 4 is 12.2 Å². The van der Waals surface area contributed by atoms with E-state index in [1.165, 1.54) is 0 Å². The molecule has 1 N–H and O–H groups in total. The van der Waals surface area contributed by atoms with E-state index in [0.717, 1.165) is 22.3 Å². The third kappa shape index (κ3) is 3.82. The smallest absolute Gasteiger partial charge is 0.417 e. The van der Waals surface area contributed by atoms with Gasteiger partial charge in [-0.1, -0.05) is 48.5 Å². The summed E-state index contributed by atoms with van der Waals surface area (Å²) in [5, 5.41) is 2.09. The molecule has 0 spiro atoms. The fourth-order valence-corrected chi connectivity index (χ4v) is 3.02. The molecule has 0 aliphatic heterocycles. The molecule has 0 unspecified atom stereocenters. The molecule has 2 aromatic rings. The Morgan fingerprint density at radius 1 is 0.920 bits per heavy atom. The van der Waals surface area contributed by atoms with Crippen molar-refractivity contribution in [2.75, 3.05) is 6.61 Å². The summed E-state index contributed by atoms with van der Waals surface area (Å²) in [6, 6.07) is 16.1. The maximum Gasteiger partial charge on any atom is 0.417 e. The predicted molar refractivity (Wildman–Crippen MR) is 94.4 cm³/mol. The molecule has 5 nitrogen and oxygen atoms in total. The van der Waals surface area contributed by atoms with Crippen LogP contribution in [0.15, 0.2) is 48.5 Å². The second-order valence-corrected chi connectivity index (χ2v) is 6.95. The molecule has 2 aromatic carbocycles. The Hall–Kier alpha value is -2.82. The maximum absolute atomic E-state index is 11.9. The van der Waals surface area contributed by atoms with Gasteiger partial charge in [-0.25, -0.2) is 14.9 Å². The van der Waals surface area contributed by atoms with Crippen LogP contribution in [0.1, 0.15) is 37.8 Å². The highest BCUT2D eigenvalue weighted by Crippen LogP contribution is 2.44. The summed E-state index contributed by atoms with van der Waals surface area (Å²) in [7, 11) is 0. The van der Waals surface area contributed by atoms with Crippen LogP contribution in [0.25, 0.3) is 11.1 Å². The SMILES string of the molecule is CC(C)(C)OC(=O)NC(=O)OCC1c2ccccc2-c2ccccc21. The molecule has 25 heavy (non-hydrogen) atoms. The lowest BCUT2D eigenvalue weighted by Gasteiger charge is -2.19. The van der Waals surface area contributed by atoms with Crippen LogP contribution in [0.3, 0.4) is 0 Å². The first-order valence-corrected chi connectivity index (χ1v) is 8.20. The van der Waals surface area contributed by atoms with Crippen LogP contribution in [-0.4, -0.2) is 24.4 Å². The van der Waals surface area contributed by atoms with Crippen molar-refractivity contribution in [3.05, 3.63) is 59.7 Å². The monoisotopic (exact) mass is 339 g/mol. The van der Waals surface area contributed by atoms with Crippen LogP contribution in [0.5, 0.6) is 0 Å².